The molecule has 2 rings (SSSR count). The number of nitrogens with zero attached hydrogens (tertiary/aromatic N) is 1. The van der Waals surface area contributed by atoms with Gasteiger partial charge in [0.15, 0.2) is 0 Å². The van der Waals surface area contributed by atoms with E-state index in [1.54, 1.807) is 13.8 Å². The Bertz CT molecular complexity index is 694. The summed E-state index contributed by atoms with van der Waals surface area (Å²) in [6.45, 7) is 4.13. The fourth-order valence-electron chi connectivity index (χ4n) is 3.90. The number of aliphatic carboxylic acids is 1. The first-order valence-corrected chi connectivity index (χ1v) is 10.9. The van der Waals surface area contributed by atoms with Gasteiger partial charge in [-0.15, -0.1) is 0 Å². The molecule has 1 aliphatic rings. The van der Waals surface area contributed by atoms with E-state index in [0.717, 1.165) is 31.2 Å². The number of likely N-dealkylation sites (tertiary alicyclic amines) is 1. The summed E-state index contributed by atoms with van der Waals surface area (Å²) in [6.07, 6.45) is 5.18. The summed E-state index contributed by atoms with van der Waals surface area (Å²) in [5.41, 5.74) is 1.10. The molecule has 0 bridgehead atoms. The van der Waals surface area contributed by atoms with Crippen molar-refractivity contribution in [2.45, 2.75) is 76.9 Å². The highest BCUT2D eigenvalue weighted by Gasteiger charge is 2.34. The Morgan fingerprint density at radius 3 is 2.53 bits per heavy atom. The van der Waals surface area contributed by atoms with E-state index in [1.165, 1.54) is 4.90 Å². The minimum atomic E-state index is -0.969. The van der Waals surface area contributed by atoms with E-state index in [1.807, 2.05) is 30.3 Å². The highest BCUT2D eigenvalue weighted by atomic mass is 16.5. The molecule has 166 valence electrons. The van der Waals surface area contributed by atoms with Gasteiger partial charge < -0.3 is 14.7 Å². The molecule has 0 radical (unpaired) electrons. The summed E-state index contributed by atoms with van der Waals surface area (Å²) in [4.78, 5) is 38.8. The first-order valence-electron chi connectivity index (χ1n) is 10.9. The van der Waals surface area contributed by atoms with Crippen molar-refractivity contribution >= 4 is 17.8 Å². The number of ether oxygens (including phenoxy) is 1. The Labute approximate surface area is 178 Å². The third-order valence-corrected chi connectivity index (χ3v) is 5.53. The smallest absolute Gasteiger partial charge is 0.326 e. The number of carboxylic acids is 1. The van der Waals surface area contributed by atoms with Crippen LogP contribution in [0.25, 0.3) is 0 Å². The standard InChI is InChI=1S/C23H34N2O5/c1-3-30-23(29)19(15-14-18-11-7-6-8-12-18)24-17(2)21(26)25-16-10-5-4-9-13-20(25)22(27)28/h6-8,11-12,17,19-20,24H,3-5,9-10,13-16H2,1-2H3,(H,27,28)/t17?,19-,20-/m0/s1. The number of carbonyl (C=O) groups excluding carboxylic acids is 2. The van der Waals surface area contributed by atoms with E-state index in [2.05, 4.69) is 5.32 Å². The molecule has 2 N–H and O–H groups in total. The third kappa shape index (κ3) is 7.13. The zero-order valence-electron chi connectivity index (χ0n) is 18.0. The largest absolute Gasteiger partial charge is 0.480 e. The third-order valence-electron chi connectivity index (χ3n) is 5.53. The Morgan fingerprint density at radius 2 is 1.87 bits per heavy atom. The van der Waals surface area contributed by atoms with Gasteiger partial charge in [0.25, 0.3) is 0 Å². The van der Waals surface area contributed by atoms with Crippen LogP contribution in [0.3, 0.4) is 0 Å². The second kappa shape index (κ2) is 12.3. The second-order valence-corrected chi connectivity index (χ2v) is 7.81. The fourth-order valence-corrected chi connectivity index (χ4v) is 3.90. The Morgan fingerprint density at radius 1 is 1.17 bits per heavy atom. The molecule has 0 saturated carbocycles. The summed E-state index contributed by atoms with van der Waals surface area (Å²) in [7, 11) is 0. The summed E-state index contributed by atoms with van der Waals surface area (Å²) in [5.74, 6) is -1.64. The van der Waals surface area contributed by atoms with Gasteiger partial charge in [0.1, 0.15) is 12.1 Å². The molecule has 7 nitrogen and oxygen atoms in total. The fraction of sp³-hybridized carbons (Fsp3) is 0.609. The van der Waals surface area contributed by atoms with Crippen LogP contribution in [0.5, 0.6) is 0 Å². The van der Waals surface area contributed by atoms with Crippen molar-refractivity contribution in [1.29, 1.82) is 0 Å². The molecule has 0 aromatic heterocycles. The number of esters is 1. The lowest BCUT2D eigenvalue weighted by Gasteiger charge is -2.34. The Hall–Kier alpha value is -2.41. The zero-order chi connectivity index (χ0) is 21.9. The van der Waals surface area contributed by atoms with Crippen molar-refractivity contribution in [3.63, 3.8) is 0 Å². The van der Waals surface area contributed by atoms with E-state index in [9.17, 15) is 19.5 Å². The number of carbonyl (C=O) groups is 3. The van der Waals surface area contributed by atoms with E-state index < -0.39 is 30.1 Å². The van der Waals surface area contributed by atoms with Gasteiger partial charge in [-0.2, -0.15) is 0 Å². The SMILES string of the molecule is CCOC(=O)[C@H](CCc1ccccc1)NC(C)C(=O)N1CCCCCC[C@H]1C(=O)O. The van der Waals surface area contributed by atoms with Crippen molar-refractivity contribution in [3.8, 4) is 0 Å². The molecule has 1 aromatic rings. The number of hydrogen-bond donors (Lipinski definition) is 2. The molecule has 3 atom stereocenters. The molecule has 0 aliphatic carbocycles. The molecule has 1 amide bonds. The number of benzene rings is 1. The van der Waals surface area contributed by atoms with E-state index in [4.69, 9.17) is 4.74 Å². The van der Waals surface area contributed by atoms with E-state index in [0.29, 0.717) is 25.8 Å². The monoisotopic (exact) mass is 418 g/mol. The van der Waals surface area contributed by atoms with Crippen LogP contribution >= 0.6 is 0 Å². The quantitative estimate of drug-likeness (QED) is 0.599. The van der Waals surface area contributed by atoms with Gasteiger partial charge in [-0.05, 0) is 45.1 Å². The molecule has 1 aliphatic heterocycles. The Balaban J connectivity index is 2.07. The van der Waals surface area contributed by atoms with Crippen molar-refractivity contribution in [2.75, 3.05) is 13.2 Å². The maximum Gasteiger partial charge on any atom is 0.326 e. The van der Waals surface area contributed by atoms with Gasteiger partial charge in [-0.25, -0.2) is 4.79 Å². The van der Waals surface area contributed by atoms with Gasteiger partial charge in [-0.1, -0.05) is 49.6 Å². The van der Waals surface area contributed by atoms with Crippen LogP contribution in [0.2, 0.25) is 0 Å². The topological polar surface area (TPSA) is 95.9 Å². The maximum absolute atomic E-state index is 13.1. The minimum Gasteiger partial charge on any atom is -0.480 e. The Kier molecular flexibility index (Phi) is 9.80. The van der Waals surface area contributed by atoms with Crippen LogP contribution < -0.4 is 5.32 Å². The molecular formula is C23H34N2O5. The first-order chi connectivity index (χ1) is 14.4. The summed E-state index contributed by atoms with van der Waals surface area (Å²) >= 11 is 0. The lowest BCUT2D eigenvalue weighted by atomic mass is 10.0. The minimum absolute atomic E-state index is 0.262. The molecule has 30 heavy (non-hydrogen) atoms. The molecule has 1 heterocycles. The summed E-state index contributed by atoms with van der Waals surface area (Å²) in [5, 5.41) is 12.7. The van der Waals surface area contributed by atoms with Crippen molar-refractivity contribution in [2.24, 2.45) is 0 Å². The molecule has 1 aromatic carbocycles. The zero-order valence-corrected chi connectivity index (χ0v) is 18.0. The highest BCUT2D eigenvalue weighted by Crippen LogP contribution is 2.18. The second-order valence-electron chi connectivity index (χ2n) is 7.81. The predicted molar refractivity (Wildman–Crippen MR) is 114 cm³/mol. The summed E-state index contributed by atoms with van der Waals surface area (Å²) < 4.78 is 5.19. The van der Waals surface area contributed by atoms with Crippen LogP contribution in [-0.4, -0.2) is 59.1 Å². The van der Waals surface area contributed by atoms with Gasteiger partial charge in [-0.3, -0.25) is 14.9 Å². The lowest BCUT2D eigenvalue weighted by Crippen LogP contribution is -2.55. The molecule has 0 spiro atoms. The lowest BCUT2D eigenvalue weighted by molar-refractivity contribution is -0.152. The van der Waals surface area contributed by atoms with Crippen LogP contribution in [0.4, 0.5) is 0 Å². The molecular weight excluding hydrogens is 384 g/mol. The average molecular weight is 419 g/mol. The number of carboxylic acid groups (broad SMARTS) is 1. The number of aryl methyl sites for hydroxylation is 1. The predicted octanol–water partition coefficient (Wildman–Crippen LogP) is 2.77. The van der Waals surface area contributed by atoms with E-state index in [-0.39, 0.29) is 12.5 Å². The molecule has 1 saturated heterocycles. The van der Waals surface area contributed by atoms with E-state index >= 15 is 0 Å². The number of nitrogens with one attached hydrogen (secondary N) is 1. The normalized spacial score (nSPS) is 19.3. The highest BCUT2D eigenvalue weighted by molar-refractivity contribution is 5.87. The van der Waals surface area contributed by atoms with Crippen LogP contribution in [0.1, 0.15) is 57.9 Å². The van der Waals surface area contributed by atoms with Crippen molar-refractivity contribution in [1.82, 2.24) is 10.2 Å². The molecule has 1 fully saturated rings. The average Bonchev–Trinajstić information content (AvgIpc) is 2.71. The maximum atomic E-state index is 13.1. The van der Waals surface area contributed by atoms with Gasteiger partial charge in [0.2, 0.25) is 5.91 Å². The number of rotatable bonds is 9. The first kappa shape index (κ1) is 23.9. The summed E-state index contributed by atoms with van der Waals surface area (Å²) in [6, 6.07) is 7.69. The number of amides is 1. The molecule has 7 heteroatoms. The van der Waals surface area contributed by atoms with Crippen molar-refractivity contribution < 1.29 is 24.2 Å². The van der Waals surface area contributed by atoms with Crippen LogP contribution in [0, 0.1) is 0 Å². The van der Waals surface area contributed by atoms with Gasteiger partial charge >= 0.3 is 11.9 Å². The van der Waals surface area contributed by atoms with Gasteiger partial charge in [0, 0.05) is 6.54 Å². The van der Waals surface area contributed by atoms with Crippen LogP contribution in [0.15, 0.2) is 30.3 Å². The van der Waals surface area contributed by atoms with Gasteiger partial charge in [0.05, 0.1) is 12.6 Å². The number of hydrogen-bond acceptors (Lipinski definition) is 5. The van der Waals surface area contributed by atoms with Crippen molar-refractivity contribution in [3.05, 3.63) is 35.9 Å². The molecule has 1 unspecified atom stereocenters. The van der Waals surface area contributed by atoms with Crippen LogP contribution in [-0.2, 0) is 25.5 Å².